The number of alkyl carbamates (subject to hydrolysis) is 1. The summed E-state index contributed by atoms with van der Waals surface area (Å²) in [6.45, 7) is 7.32. The summed E-state index contributed by atoms with van der Waals surface area (Å²) in [4.78, 5) is 77.1. The molecular weight excluding hydrogens is 815 g/mol. The van der Waals surface area contributed by atoms with E-state index in [1.807, 2.05) is 10.8 Å². The number of fused-ring (bicyclic) bond motifs is 2. The highest BCUT2D eigenvalue weighted by Crippen LogP contribution is 2.53. The van der Waals surface area contributed by atoms with Crippen LogP contribution in [0.5, 0.6) is 5.75 Å². The number of nitrogens with one attached hydrogen (secondary N) is 4. The standard InChI is InChI=1S/C43H60F2N6O9S/c1-23-17-18-51(35(23)38(53)49-43(22-25(43)20-34(44)45)40(55)50-61(57,58)27-13-14-27)39(54)36(42(2,3)4)48-41(56)60-33-19-24-11-15-28(24)29(33)9-7-6-8-10-31-37(52)47-32-21-26(59-5)12-16-30(32)46-31/h12,16,21,23-25,27-29,33-36H,6-11,13-15,17-20,22H2,1-5H3,(H,47,52)(H,48,56)(H,49,53)(H,50,55). The Balaban J connectivity index is 0.956. The molecular formula is C43H60F2N6O9S. The van der Waals surface area contributed by atoms with Crippen molar-refractivity contribution in [2.24, 2.45) is 35.0 Å². The van der Waals surface area contributed by atoms with Crippen LogP contribution in [0.15, 0.2) is 23.0 Å². The van der Waals surface area contributed by atoms with Crippen LogP contribution in [0.2, 0.25) is 0 Å². The number of aromatic amines is 1. The number of ether oxygens (including phenoxy) is 2. The van der Waals surface area contributed by atoms with E-state index in [4.69, 9.17) is 9.47 Å². The maximum Gasteiger partial charge on any atom is 0.408 e. The summed E-state index contributed by atoms with van der Waals surface area (Å²) in [6, 6.07) is 3.18. The van der Waals surface area contributed by atoms with E-state index in [0.717, 1.165) is 44.9 Å². The molecule has 4 aliphatic carbocycles. The number of likely N-dealkylation sites (tertiary alicyclic amines) is 1. The first kappa shape index (κ1) is 44.7. The minimum Gasteiger partial charge on any atom is -0.497 e. The summed E-state index contributed by atoms with van der Waals surface area (Å²) in [5.74, 6) is -1.95. The number of nitrogens with zero attached hydrogens (tertiary/aromatic N) is 2. The predicted molar refractivity (Wildman–Crippen MR) is 221 cm³/mol. The van der Waals surface area contributed by atoms with Gasteiger partial charge in [0.2, 0.25) is 28.3 Å². The molecule has 2 heterocycles. The van der Waals surface area contributed by atoms with E-state index in [2.05, 4.69) is 20.6 Å². The topological polar surface area (TPSA) is 206 Å². The second-order valence-corrected chi connectivity index (χ2v) is 21.2. The van der Waals surface area contributed by atoms with E-state index >= 15 is 0 Å². The highest BCUT2D eigenvalue weighted by molar-refractivity contribution is 7.91. The molecule has 1 aromatic carbocycles. The Kier molecular flexibility index (Phi) is 12.8. The lowest BCUT2D eigenvalue weighted by molar-refractivity contribution is -0.143. The van der Waals surface area contributed by atoms with Crippen LogP contribution in [-0.4, -0.2) is 96.2 Å². The van der Waals surface area contributed by atoms with E-state index < -0.39 is 80.9 Å². The Morgan fingerprint density at radius 1 is 1.07 bits per heavy atom. The third-order valence-corrected chi connectivity index (χ3v) is 15.7. The van der Waals surface area contributed by atoms with Crippen LogP contribution in [0.25, 0.3) is 11.0 Å². The third kappa shape index (κ3) is 9.68. The van der Waals surface area contributed by atoms with Crippen molar-refractivity contribution in [3.05, 3.63) is 34.2 Å². The van der Waals surface area contributed by atoms with Crippen molar-refractivity contribution in [1.82, 2.24) is 30.2 Å². The number of aryl methyl sites for hydroxylation is 1. The zero-order chi connectivity index (χ0) is 44.0. The number of carbonyl (C=O) groups excluding carboxylic acids is 4. The van der Waals surface area contributed by atoms with Gasteiger partial charge in [-0.25, -0.2) is 27.0 Å². The summed E-state index contributed by atoms with van der Waals surface area (Å²) in [7, 11) is -2.46. The van der Waals surface area contributed by atoms with Gasteiger partial charge in [-0.15, -0.1) is 0 Å². The number of H-pyrrole nitrogens is 1. The second-order valence-electron chi connectivity index (χ2n) is 19.2. The maximum absolute atomic E-state index is 14.4. The molecule has 61 heavy (non-hydrogen) atoms. The van der Waals surface area contributed by atoms with Gasteiger partial charge in [0.15, 0.2) is 0 Å². The van der Waals surface area contributed by atoms with Crippen LogP contribution in [0.3, 0.4) is 0 Å². The molecule has 0 spiro atoms. The van der Waals surface area contributed by atoms with E-state index in [1.54, 1.807) is 46.9 Å². The van der Waals surface area contributed by atoms with Crippen LogP contribution in [0, 0.1) is 35.0 Å². The summed E-state index contributed by atoms with van der Waals surface area (Å²) in [5, 5.41) is 4.71. The van der Waals surface area contributed by atoms with Crippen LogP contribution < -0.4 is 25.7 Å². The van der Waals surface area contributed by atoms with Gasteiger partial charge in [0.25, 0.3) is 11.5 Å². The van der Waals surface area contributed by atoms with Crippen molar-refractivity contribution in [3.63, 3.8) is 0 Å². The number of methoxy groups -OCH3 is 1. The molecule has 0 radical (unpaired) electrons. The number of hydrogen-bond donors (Lipinski definition) is 4. The van der Waals surface area contributed by atoms with Gasteiger partial charge < -0.3 is 30.0 Å². The molecule has 5 aliphatic rings. The van der Waals surface area contributed by atoms with E-state index in [1.165, 1.54) is 4.90 Å². The fourth-order valence-corrected chi connectivity index (χ4v) is 11.3. The lowest BCUT2D eigenvalue weighted by Gasteiger charge is -2.36. The fourth-order valence-electron chi connectivity index (χ4n) is 9.98. The van der Waals surface area contributed by atoms with Gasteiger partial charge in [-0.2, -0.15) is 0 Å². The molecule has 5 fully saturated rings. The summed E-state index contributed by atoms with van der Waals surface area (Å²) < 4.78 is 65.6. The van der Waals surface area contributed by atoms with Crippen molar-refractivity contribution < 1.29 is 45.9 Å². The van der Waals surface area contributed by atoms with E-state index in [0.29, 0.717) is 60.0 Å². The molecule has 1 aliphatic heterocycles. The van der Waals surface area contributed by atoms with E-state index in [-0.39, 0.29) is 36.5 Å². The number of aromatic nitrogens is 2. The molecule has 1 saturated heterocycles. The van der Waals surface area contributed by atoms with Gasteiger partial charge in [-0.05, 0) is 111 Å². The molecule has 15 nitrogen and oxygen atoms in total. The molecule has 4 N–H and O–H groups in total. The zero-order valence-corrected chi connectivity index (χ0v) is 36.5. The number of carbonyl (C=O) groups is 4. The van der Waals surface area contributed by atoms with E-state index in [9.17, 15) is 41.2 Å². The Morgan fingerprint density at radius 2 is 1.82 bits per heavy atom. The van der Waals surface area contributed by atoms with Crippen LogP contribution >= 0.6 is 0 Å². The van der Waals surface area contributed by atoms with Crippen molar-refractivity contribution in [3.8, 4) is 5.75 Å². The number of amides is 4. The molecule has 0 bridgehead atoms. The molecule has 9 atom stereocenters. The summed E-state index contributed by atoms with van der Waals surface area (Å²) in [6.07, 6.45) is 3.32. The molecule has 4 amide bonds. The number of alkyl halides is 2. The minimum atomic E-state index is -4.02. The Hall–Kier alpha value is -4.35. The van der Waals surface area contributed by atoms with Gasteiger partial charge in [0.1, 0.15) is 35.2 Å². The molecule has 2 aromatic rings. The van der Waals surface area contributed by atoms with Crippen LogP contribution in [-0.2, 0) is 35.6 Å². The summed E-state index contributed by atoms with van der Waals surface area (Å²) in [5.41, 5.74) is -1.07. The fraction of sp³-hybridized carbons (Fsp3) is 0.721. The van der Waals surface area contributed by atoms with Crippen molar-refractivity contribution >= 4 is 44.9 Å². The van der Waals surface area contributed by atoms with Gasteiger partial charge in [-0.1, -0.05) is 40.5 Å². The lowest BCUT2D eigenvalue weighted by atomic mass is 9.71. The number of hydrogen-bond acceptors (Lipinski definition) is 10. The van der Waals surface area contributed by atoms with Crippen LogP contribution in [0.1, 0.15) is 110 Å². The number of halogens is 2. The first-order chi connectivity index (χ1) is 28.8. The number of rotatable bonds is 17. The normalized spacial score (nSPS) is 28.8. The van der Waals surface area contributed by atoms with Crippen molar-refractivity contribution in [2.45, 2.75) is 147 Å². The smallest absolute Gasteiger partial charge is 0.408 e. The van der Waals surface area contributed by atoms with Gasteiger partial charge in [0, 0.05) is 19.0 Å². The SMILES string of the molecule is COc1ccc2nc(CCCCCC3C(OC(=O)NC(C(=O)N4CCC(C)C4C(=O)NC4(C(=O)NS(=O)(=O)C5CC5)CC4CC(F)F)C(C)(C)C)CC4CCC43)c(=O)[nH]c2c1. The van der Waals surface area contributed by atoms with Crippen molar-refractivity contribution in [2.75, 3.05) is 13.7 Å². The number of benzene rings is 1. The Labute approximate surface area is 355 Å². The lowest BCUT2D eigenvalue weighted by Crippen LogP contribution is -2.61. The molecule has 1 aromatic heterocycles. The monoisotopic (exact) mass is 874 g/mol. The number of sulfonamides is 1. The number of unbranched alkanes of at least 4 members (excludes halogenated alkanes) is 2. The van der Waals surface area contributed by atoms with Crippen LogP contribution in [0.4, 0.5) is 13.6 Å². The Morgan fingerprint density at radius 3 is 2.48 bits per heavy atom. The van der Waals surface area contributed by atoms with Crippen molar-refractivity contribution in [1.29, 1.82) is 0 Å². The van der Waals surface area contributed by atoms with Gasteiger partial charge in [-0.3, -0.25) is 23.9 Å². The molecule has 336 valence electrons. The highest BCUT2D eigenvalue weighted by Gasteiger charge is 2.63. The Bertz CT molecular complexity index is 2180. The molecule has 18 heteroatoms. The predicted octanol–water partition coefficient (Wildman–Crippen LogP) is 4.97. The average molecular weight is 875 g/mol. The van der Waals surface area contributed by atoms with Gasteiger partial charge >= 0.3 is 6.09 Å². The zero-order valence-electron chi connectivity index (χ0n) is 35.6. The maximum atomic E-state index is 14.4. The minimum absolute atomic E-state index is 0.160. The average Bonchev–Trinajstić information content (AvgIpc) is 4.09. The summed E-state index contributed by atoms with van der Waals surface area (Å²) >= 11 is 0. The van der Waals surface area contributed by atoms with Gasteiger partial charge in [0.05, 0.1) is 23.4 Å². The first-order valence-corrected chi connectivity index (χ1v) is 23.4. The largest absolute Gasteiger partial charge is 0.497 e. The molecule has 4 saturated carbocycles. The second kappa shape index (κ2) is 17.4. The highest BCUT2D eigenvalue weighted by atomic mass is 32.2. The molecule has 9 unspecified atom stereocenters. The molecule has 7 rings (SSSR count). The quantitative estimate of drug-likeness (QED) is 0.157. The third-order valence-electron chi connectivity index (χ3n) is 13.9. The first-order valence-electron chi connectivity index (χ1n) is 21.8.